The van der Waals surface area contributed by atoms with E-state index in [1.165, 1.54) is 40.1 Å². The molecule has 0 bridgehead atoms. The van der Waals surface area contributed by atoms with Gasteiger partial charge in [-0.25, -0.2) is 4.98 Å². The van der Waals surface area contributed by atoms with Crippen LogP contribution in [0.4, 0.5) is 11.4 Å². The Morgan fingerprint density at radius 3 is 2.79 bits per heavy atom. The summed E-state index contributed by atoms with van der Waals surface area (Å²) in [7, 11) is 0. The van der Waals surface area contributed by atoms with Gasteiger partial charge in [-0.2, -0.15) is 0 Å². The van der Waals surface area contributed by atoms with Crippen molar-refractivity contribution in [3.05, 3.63) is 67.1 Å². The average Bonchev–Trinajstić information content (AvgIpc) is 2.91. The topological polar surface area (TPSA) is 107 Å². The molecule has 0 spiro atoms. The van der Waals surface area contributed by atoms with Crippen LogP contribution in [0, 0.1) is 24.0 Å². The number of nitrogens with one attached hydrogen (secondary N) is 1. The van der Waals surface area contributed by atoms with Gasteiger partial charge in [0.15, 0.2) is 4.96 Å². The van der Waals surface area contributed by atoms with Crippen LogP contribution in [-0.4, -0.2) is 20.2 Å². The van der Waals surface area contributed by atoms with E-state index in [0.717, 1.165) is 0 Å². The smallest absolute Gasteiger partial charge is 0.271 e. The van der Waals surface area contributed by atoms with Gasteiger partial charge in [-0.15, -0.1) is 11.3 Å². The lowest BCUT2D eigenvalue weighted by molar-refractivity contribution is -0.384. The van der Waals surface area contributed by atoms with Crippen LogP contribution in [0.15, 0.2) is 34.6 Å². The third-order valence-corrected chi connectivity index (χ3v) is 4.49. The predicted molar refractivity (Wildman–Crippen MR) is 89.9 cm³/mol. The van der Waals surface area contributed by atoms with Gasteiger partial charge >= 0.3 is 0 Å². The molecule has 122 valence electrons. The minimum absolute atomic E-state index is 0.0671. The van der Waals surface area contributed by atoms with Gasteiger partial charge in [0.25, 0.3) is 17.2 Å². The number of carbonyl (C=O) groups excluding carboxylic acids is 1. The zero-order valence-corrected chi connectivity index (χ0v) is 13.6. The first kappa shape index (κ1) is 15.8. The number of hydrogen-bond acceptors (Lipinski definition) is 6. The molecule has 0 atom stereocenters. The number of benzene rings is 1. The molecule has 8 nitrogen and oxygen atoms in total. The number of hydrogen-bond donors (Lipinski definition) is 1. The number of non-ortho nitro benzene ring substituents is 1. The minimum atomic E-state index is -0.607. The number of aromatic nitrogens is 2. The standard InChI is InChI=1S/C15H12N4O4S/c1-8-5-10(19(22)23)3-4-12(8)17-13(20)11-6-16-15-18(14(11)21)9(2)7-24-15/h3-7H,1-2H3,(H,17,20). The fourth-order valence-electron chi connectivity index (χ4n) is 2.27. The molecular formula is C15H12N4O4S. The van der Waals surface area contributed by atoms with Crippen LogP contribution in [0.1, 0.15) is 21.6 Å². The summed E-state index contributed by atoms with van der Waals surface area (Å²) in [5, 5.41) is 15.1. The molecule has 2 heterocycles. The van der Waals surface area contributed by atoms with E-state index in [0.29, 0.717) is 21.9 Å². The number of anilines is 1. The van der Waals surface area contributed by atoms with Crippen LogP contribution < -0.4 is 10.9 Å². The van der Waals surface area contributed by atoms with Gasteiger partial charge < -0.3 is 5.32 Å². The Bertz CT molecular complexity index is 1040. The Hall–Kier alpha value is -3.07. The number of amides is 1. The average molecular weight is 344 g/mol. The number of carbonyl (C=O) groups is 1. The molecule has 0 unspecified atom stereocenters. The molecule has 0 saturated carbocycles. The summed E-state index contributed by atoms with van der Waals surface area (Å²) in [5.74, 6) is -0.607. The molecule has 0 fully saturated rings. The number of nitro groups is 1. The van der Waals surface area contributed by atoms with E-state index in [-0.39, 0.29) is 11.3 Å². The summed E-state index contributed by atoms with van der Waals surface area (Å²) in [6.07, 6.45) is 1.24. The highest BCUT2D eigenvalue weighted by Gasteiger charge is 2.17. The molecule has 3 aromatic rings. The zero-order chi connectivity index (χ0) is 17.4. The van der Waals surface area contributed by atoms with Crippen LogP contribution in [0.25, 0.3) is 4.96 Å². The van der Waals surface area contributed by atoms with Crippen molar-refractivity contribution in [2.24, 2.45) is 0 Å². The Morgan fingerprint density at radius 2 is 2.12 bits per heavy atom. The van der Waals surface area contributed by atoms with E-state index in [1.54, 1.807) is 19.2 Å². The Kier molecular flexibility index (Phi) is 3.86. The van der Waals surface area contributed by atoms with Gasteiger partial charge in [0.05, 0.1) is 4.92 Å². The van der Waals surface area contributed by atoms with Crippen LogP contribution in [0.5, 0.6) is 0 Å². The Labute approximate surface area is 139 Å². The molecule has 0 aliphatic carbocycles. The quantitative estimate of drug-likeness (QED) is 0.580. The third kappa shape index (κ3) is 2.65. The minimum Gasteiger partial charge on any atom is -0.322 e. The van der Waals surface area contributed by atoms with Crippen LogP contribution in [0.2, 0.25) is 0 Å². The number of rotatable bonds is 3. The lowest BCUT2D eigenvalue weighted by Gasteiger charge is -2.08. The summed E-state index contributed by atoms with van der Waals surface area (Å²) >= 11 is 1.32. The van der Waals surface area contributed by atoms with Crippen molar-refractivity contribution < 1.29 is 9.72 Å². The van der Waals surface area contributed by atoms with E-state index in [9.17, 15) is 19.7 Å². The van der Waals surface area contributed by atoms with Crippen LogP contribution in [0.3, 0.4) is 0 Å². The molecule has 9 heteroatoms. The maximum absolute atomic E-state index is 12.4. The molecule has 2 aromatic heterocycles. The molecule has 1 amide bonds. The first-order chi connectivity index (χ1) is 11.4. The van der Waals surface area contributed by atoms with Crippen molar-refractivity contribution in [2.75, 3.05) is 5.32 Å². The second-order valence-electron chi connectivity index (χ2n) is 5.18. The zero-order valence-electron chi connectivity index (χ0n) is 12.8. The van der Waals surface area contributed by atoms with E-state index in [1.807, 2.05) is 0 Å². The highest BCUT2D eigenvalue weighted by Crippen LogP contribution is 2.21. The number of thiazole rings is 1. The number of nitro benzene ring substituents is 1. The van der Waals surface area contributed by atoms with Crippen LogP contribution >= 0.6 is 11.3 Å². The van der Waals surface area contributed by atoms with Crippen LogP contribution in [-0.2, 0) is 0 Å². The number of fused-ring (bicyclic) bond motifs is 1. The molecule has 0 aliphatic heterocycles. The Balaban J connectivity index is 1.96. The summed E-state index contributed by atoms with van der Waals surface area (Å²) < 4.78 is 1.38. The fraction of sp³-hybridized carbons (Fsp3) is 0.133. The fourth-order valence-corrected chi connectivity index (χ4v) is 3.10. The van der Waals surface area contributed by atoms with Crippen molar-refractivity contribution in [1.82, 2.24) is 9.38 Å². The Morgan fingerprint density at radius 1 is 1.38 bits per heavy atom. The second-order valence-corrected chi connectivity index (χ2v) is 6.02. The molecule has 0 aliphatic rings. The predicted octanol–water partition coefficient (Wildman–Crippen LogP) is 2.53. The van der Waals surface area contributed by atoms with Gasteiger partial charge in [0, 0.05) is 35.1 Å². The van der Waals surface area contributed by atoms with Crippen molar-refractivity contribution in [1.29, 1.82) is 0 Å². The SMILES string of the molecule is Cc1cc([N+](=O)[O-])ccc1NC(=O)c1cnc2scc(C)n2c1=O. The first-order valence-electron chi connectivity index (χ1n) is 6.90. The number of aryl methyl sites for hydroxylation is 2. The van der Waals surface area contributed by atoms with E-state index < -0.39 is 16.4 Å². The molecule has 3 rings (SSSR count). The summed E-state index contributed by atoms with van der Waals surface area (Å²) in [5.41, 5.74) is 1.02. The highest BCUT2D eigenvalue weighted by molar-refractivity contribution is 7.15. The second kappa shape index (κ2) is 5.85. The van der Waals surface area contributed by atoms with Gasteiger partial charge in [0.2, 0.25) is 0 Å². The maximum Gasteiger partial charge on any atom is 0.271 e. The number of nitrogens with zero attached hydrogens (tertiary/aromatic N) is 3. The molecule has 1 aromatic carbocycles. The van der Waals surface area contributed by atoms with E-state index >= 15 is 0 Å². The van der Waals surface area contributed by atoms with Crippen molar-refractivity contribution >= 4 is 33.6 Å². The van der Waals surface area contributed by atoms with Crippen molar-refractivity contribution in [2.45, 2.75) is 13.8 Å². The molecule has 1 N–H and O–H groups in total. The summed E-state index contributed by atoms with van der Waals surface area (Å²) in [4.78, 5) is 39.7. The molecular weight excluding hydrogens is 332 g/mol. The molecule has 0 radical (unpaired) electrons. The van der Waals surface area contributed by atoms with Crippen molar-refractivity contribution in [3.63, 3.8) is 0 Å². The van der Waals surface area contributed by atoms with E-state index in [4.69, 9.17) is 0 Å². The third-order valence-electron chi connectivity index (χ3n) is 3.53. The van der Waals surface area contributed by atoms with Gasteiger partial charge in [-0.1, -0.05) is 0 Å². The first-order valence-corrected chi connectivity index (χ1v) is 7.78. The van der Waals surface area contributed by atoms with Gasteiger partial charge in [0.1, 0.15) is 5.56 Å². The lowest BCUT2D eigenvalue weighted by Crippen LogP contribution is -2.26. The van der Waals surface area contributed by atoms with Gasteiger partial charge in [-0.3, -0.25) is 24.1 Å². The lowest BCUT2D eigenvalue weighted by atomic mass is 10.1. The van der Waals surface area contributed by atoms with E-state index in [2.05, 4.69) is 10.3 Å². The summed E-state index contributed by atoms with van der Waals surface area (Å²) in [6, 6.07) is 4.08. The largest absolute Gasteiger partial charge is 0.322 e. The molecule has 24 heavy (non-hydrogen) atoms. The summed E-state index contributed by atoms with van der Waals surface area (Å²) in [6.45, 7) is 3.40. The van der Waals surface area contributed by atoms with Gasteiger partial charge in [-0.05, 0) is 25.5 Å². The normalized spacial score (nSPS) is 10.8. The monoisotopic (exact) mass is 344 g/mol. The molecule has 0 saturated heterocycles. The van der Waals surface area contributed by atoms with Crippen molar-refractivity contribution in [3.8, 4) is 0 Å². The maximum atomic E-state index is 12.4. The highest BCUT2D eigenvalue weighted by atomic mass is 32.1.